The van der Waals surface area contributed by atoms with E-state index < -0.39 is 18.5 Å². The van der Waals surface area contributed by atoms with E-state index in [1.165, 1.54) is 26.4 Å². The normalized spacial score (nSPS) is 10.4. The van der Waals surface area contributed by atoms with Crippen LogP contribution in [0.15, 0.2) is 30.6 Å². The molecular formula is C19H17ClN4O5S. The average molecular weight is 449 g/mol. The number of carbonyl (C=O) groups is 2. The number of aryl methyl sites for hydroxylation is 1. The fourth-order valence-electron chi connectivity index (χ4n) is 2.43. The molecule has 2 aromatic heterocycles. The molecule has 0 bridgehead atoms. The van der Waals surface area contributed by atoms with Crippen molar-refractivity contribution in [1.29, 1.82) is 0 Å². The van der Waals surface area contributed by atoms with E-state index in [1.807, 2.05) is 0 Å². The lowest BCUT2D eigenvalue weighted by Crippen LogP contribution is -2.21. The van der Waals surface area contributed by atoms with E-state index in [1.54, 1.807) is 25.4 Å². The smallest absolute Gasteiger partial charge is 0.350 e. The Morgan fingerprint density at radius 1 is 1.13 bits per heavy atom. The second-order valence-corrected chi connectivity index (χ2v) is 7.22. The van der Waals surface area contributed by atoms with Gasteiger partial charge in [-0.2, -0.15) is 0 Å². The summed E-state index contributed by atoms with van der Waals surface area (Å²) in [4.78, 5) is 37.4. The number of hydrogen-bond donors (Lipinski definition) is 1. The highest BCUT2D eigenvalue weighted by Crippen LogP contribution is 2.35. The van der Waals surface area contributed by atoms with Gasteiger partial charge in [-0.15, -0.1) is 11.3 Å². The molecule has 0 aliphatic rings. The Labute approximate surface area is 181 Å². The van der Waals surface area contributed by atoms with Gasteiger partial charge in [0.15, 0.2) is 17.4 Å². The minimum absolute atomic E-state index is 0.273. The summed E-state index contributed by atoms with van der Waals surface area (Å²) in [5, 5.41) is 3.37. The molecule has 3 aromatic rings. The average Bonchev–Trinajstić information content (AvgIpc) is 3.14. The first-order valence-electron chi connectivity index (χ1n) is 8.56. The first-order chi connectivity index (χ1) is 14.4. The molecule has 1 N–H and O–H groups in total. The van der Waals surface area contributed by atoms with Crippen LogP contribution in [0.4, 0.5) is 5.69 Å². The highest BCUT2D eigenvalue weighted by atomic mass is 35.5. The molecule has 0 radical (unpaired) electrons. The van der Waals surface area contributed by atoms with Gasteiger partial charge in [-0.1, -0.05) is 11.6 Å². The summed E-state index contributed by atoms with van der Waals surface area (Å²) < 4.78 is 15.5. The molecule has 1 aromatic carbocycles. The largest absolute Gasteiger partial charge is 0.495 e. The lowest BCUT2D eigenvalue weighted by Gasteiger charge is -2.13. The number of hydrogen-bond acceptors (Lipinski definition) is 9. The third-order valence-electron chi connectivity index (χ3n) is 3.82. The van der Waals surface area contributed by atoms with Crippen molar-refractivity contribution in [3.63, 3.8) is 0 Å². The number of nitrogens with one attached hydrogen (secondary N) is 1. The zero-order valence-electron chi connectivity index (χ0n) is 16.3. The zero-order chi connectivity index (χ0) is 21.7. The molecule has 0 aliphatic carbocycles. The van der Waals surface area contributed by atoms with Crippen molar-refractivity contribution in [2.45, 2.75) is 6.92 Å². The molecule has 30 heavy (non-hydrogen) atoms. The van der Waals surface area contributed by atoms with Crippen LogP contribution < -0.4 is 14.8 Å². The maximum Gasteiger partial charge on any atom is 0.350 e. The number of carbonyl (C=O) groups excluding carboxylic acids is 2. The van der Waals surface area contributed by atoms with E-state index in [2.05, 4.69) is 20.3 Å². The summed E-state index contributed by atoms with van der Waals surface area (Å²) in [6.07, 6.45) is 3.17. The second-order valence-electron chi connectivity index (χ2n) is 5.82. The van der Waals surface area contributed by atoms with Gasteiger partial charge >= 0.3 is 5.97 Å². The number of ether oxygens (including phenoxy) is 3. The van der Waals surface area contributed by atoms with Crippen molar-refractivity contribution in [2.24, 2.45) is 0 Å². The molecule has 1 amide bonds. The summed E-state index contributed by atoms with van der Waals surface area (Å²) in [7, 11) is 2.91. The van der Waals surface area contributed by atoms with Crippen molar-refractivity contribution >= 4 is 40.5 Å². The fraction of sp³-hybridized carbons (Fsp3) is 0.211. The van der Waals surface area contributed by atoms with Crippen LogP contribution in [0.25, 0.3) is 10.8 Å². The number of halogens is 1. The van der Waals surface area contributed by atoms with Crippen LogP contribution in [0.2, 0.25) is 5.02 Å². The highest BCUT2D eigenvalue weighted by Gasteiger charge is 2.20. The number of anilines is 1. The molecule has 9 nitrogen and oxygen atoms in total. The molecule has 11 heteroatoms. The predicted molar refractivity (Wildman–Crippen MR) is 111 cm³/mol. The van der Waals surface area contributed by atoms with E-state index in [9.17, 15) is 9.59 Å². The lowest BCUT2D eigenvalue weighted by molar-refractivity contribution is -0.119. The minimum Gasteiger partial charge on any atom is -0.495 e. The molecular weight excluding hydrogens is 432 g/mol. The van der Waals surface area contributed by atoms with Crippen LogP contribution in [0.5, 0.6) is 11.5 Å². The van der Waals surface area contributed by atoms with Gasteiger partial charge in [0.05, 0.1) is 30.6 Å². The van der Waals surface area contributed by atoms with Gasteiger partial charge < -0.3 is 19.5 Å². The van der Waals surface area contributed by atoms with Gasteiger partial charge in [0.2, 0.25) is 0 Å². The number of aromatic nitrogens is 3. The van der Waals surface area contributed by atoms with E-state index in [4.69, 9.17) is 25.8 Å². The molecule has 0 aliphatic heterocycles. The molecule has 3 rings (SSSR count). The van der Waals surface area contributed by atoms with E-state index >= 15 is 0 Å². The molecule has 0 spiro atoms. The molecule has 0 fully saturated rings. The second kappa shape index (κ2) is 9.51. The number of amides is 1. The Bertz CT molecular complexity index is 1070. The standard InChI is InChI=1S/C19H17ClN4O5S/c1-10-16(30-18(23-10)17-21-5-4-6-22-17)19(26)29-9-15(25)24-12-7-11(20)13(27-2)8-14(12)28-3/h4-8H,9H2,1-3H3,(H,24,25). The third kappa shape index (κ3) is 4.84. The maximum atomic E-state index is 12.4. The van der Waals surface area contributed by atoms with Gasteiger partial charge in [0.25, 0.3) is 5.91 Å². The van der Waals surface area contributed by atoms with Crippen LogP contribution in [0, 0.1) is 6.92 Å². The number of benzene rings is 1. The zero-order valence-corrected chi connectivity index (χ0v) is 17.8. The number of rotatable bonds is 7. The fourth-order valence-corrected chi connectivity index (χ4v) is 3.58. The predicted octanol–water partition coefficient (Wildman–Crippen LogP) is 3.37. The third-order valence-corrected chi connectivity index (χ3v) is 5.25. The summed E-state index contributed by atoms with van der Waals surface area (Å²) in [6.45, 7) is 1.17. The Balaban J connectivity index is 1.65. The van der Waals surface area contributed by atoms with Gasteiger partial charge in [0, 0.05) is 18.5 Å². The van der Waals surface area contributed by atoms with E-state index in [0.717, 1.165) is 11.3 Å². The summed E-state index contributed by atoms with van der Waals surface area (Å²) in [5.74, 6) is -0.0665. The SMILES string of the molecule is COc1cc(OC)c(NC(=O)COC(=O)c2sc(-c3ncccn3)nc2C)cc1Cl. The molecule has 0 saturated heterocycles. The number of esters is 1. The summed E-state index contributed by atoms with van der Waals surface area (Å²) >= 11 is 7.18. The Hall–Kier alpha value is -3.24. The van der Waals surface area contributed by atoms with Crippen molar-refractivity contribution in [1.82, 2.24) is 15.0 Å². The molecule has 156 valence electrons. The molecule has 0 atom stereocenters. The van der Waals surface area contributed by atoms with Crippen molar-refractivity contribution in [3.05, 3.63) is 46.2 Å². The van der Waals surface area contributed by atoms with Crippen molar-refractivity contribution in [2.75, 3.05) is 26.1 Å². The van der Waals surface area contributed by atoms with Crippen molar-refractivity contribution in [3.8, 4) is 22.3 Å². The monoisotopic (exact) mass is 448 g/mol. The molecule has 2 heterocycles. The minimum atomic E-state index is -0.665. The van der Waals surface area contributed by atoms with Gasteiger partial charge in [-0.25, -0.2) is 19.7 Å². The first kappa shape index (κ1) is 21.5. The number of nitrogens with zero attached hydrogens (tertiary/aromatic N) is 3. The first-order valence-corrected chi connectivity index (χ1v) is 9.75. The Kier molecular flexibility index (Phi) is 6.80. The quantitative estimate of drug-likeness (QED) is 0.547. The number of thiazole rings is 1. The Morgan fingerprint density at radius 2 is 1.83 bits per heavy atom. The van der Waals surface area contributed by atoms with Gasteiger partial charge in [0.1, 0.15) is 16.4 Å². The number of methoxy groups -OCH3 is 2. The highest BCUT2D eigenvalue weighted by molar-refractivity contribution is 7.16. The Morgan fingerprint density at radius 3 is 2.50 bits per heavy atom. The van der Waals surface area contributed by atoms with Gasteiger partial charge in [-0.05, 0) is 19.1 Å². The lowest BCUT2D eigenvalue weighted by atomic mass is 10.2. The van der Waals surface area contributed by atoms with E-state index in [-0.39, 0.29) is 4.88 Å². The molecule has 0 unspecified atom stereocenters. The molecule has 0 saturated carbocycles. The topological polar surface area (TPSA) is 113 Å². The summed E-state index contributed by atoms with van der Waals surface area (Å²) in [6, 6.07) is 4.71. The van der Waals surface area contributed by atoms with Crippen LogP contribution in [0.3, 0.4) is 0 Å². The summed E-state index contributed by atoms with van der Waals surface area (Å²) in [5.41, 5.74) is 0.790. The van der Waals surface area contributed by atoms with Crippen LogP contribution in [0.1, 0.15) is 15.4 Å². The maximum absolute atomic E-state index is 12.4. The van der Waals surface area contributed by atoms with E-state index in [0.29, 0.717) is 38.7 Å². The van der Waals surface area contributed by atoms with Crippen molar-refractivity contribution < 1.29 is 23.8 Å². The van der Waals surface area contributed by atoms with Crippen LogP contribution in [-0.4, -0.2) is 47.7 Å². The van der Waals surface area contributed by atoms with Crippen LogP contribution >= 0.6 is 22.9 Å². The van der Waals surface area contributed by atoms with Crippen LogP contribution in [-0.2, 0) is 9.53 Å². The van der Waals surface area contributed by atoms with Gasteiger partial charge in [-0.3, -0.25) is 4.79 Å².